The van der Waals surface area contributed by atoms with E-state index in [1.165, 1.54) is 82.0 Å². The quantitative estimate of drug-likeness (QED) is 0.195. The van der Waals surface area contributed by atoms with Gasteiger partial charge in [-0.3, -0.25) is 0 Å². The van der Waals surface area contributed by atoms with Crippen molar-refractivity contribution < 1.29 is 0 Å². The monoisotopic (exact) mass is 584 g/mol. The highest BCUT2D eigenvalue weighted by Gasteiger charge is 2.21. The Balaban J connectivity index is 1.35. The van der Waals surface area contributed by atoms with Crippen molar-refractivity contribution in [2.75, 3.05) is 0 Å². The summed E-state index contributed by atoms with van der Waals surface area (Å²) in [7, 11) is 0. The summed E-state index contributed by atoms with van der Waals surface area (Å²) in [6, 6.07) is 62.0. The fourth-order valence-electron chi connectivity index (χ4n) is 7.64. The van der Waals surface area contributed by atoms with Crippen molar-refractivity contribution in [3.8, 4) is 22.5 Å². The van der Waals surface area contributed by atoms with Gasteiger partial charge in [-0.05, 0) is 69.1 Å². The fourth-order valence-corrected chi connectivity index (χ4v) is 7.64. The van der Waals surface area contributed by atoms with Crippen molar-refractivity contribution in [2.45, 2.75) is 0 Å². The molecule has 0 saturated carbocycles. The number of hydrogen-bond donors (Lipinski definition) is 0. The predicted molar refractivity (Wildman–Crippen MR) is 196 cm³/mol. The number of aromatic nitrogens is 2. The number of rotatable bonds is 3. The lowest BCUT2D eigenvalue weighted by Crippen LogP contribution is -1.99. The van der Waals surface area contributed by atoms with Gasteiger partial charge in [-0.25, -0.2) is 0 Å². The lowest BCUT2D eigenvalue weighted by Gasteiger charge is -2.14. The summed E-state index contributed by atoms with van der Waals surface area (Å²) < 4.78 is 4.96. The normalized spacial score (nSPS) is 11.9. The van der Waals surface area contributed by atoms with E-state index in [1.807, 2.05) is 0 Å². The van der Waals surface area contributed by atoms with E-state index < -0.39 is 0 Å². The standard InChI is InChI=1S/C44H28N2/c1-2-13-31-27-34(24-23-29(31)11-1)46-42-22-8-6-19-38(42)40-26-25-39-37-18-5-7-21-41(37)45(43(39)44(40)46)33-16-9-15-32(28-33)36-20-10-14-30-12-3-4-17-35(30)36/h1-28H. The average Bonchev–Trinajstić information content (AvgIpc) is 3.64. The van der Waals surface area contributed by atoms with Crippen LogP contribution in [-0.2, 0) is 0 Å². The van der Waals surface area contributed by atoms with E-state index in [2.05, 4.69) is 179 Å². The van der Waals surface area contributed by atoms with Crippen LogP contribution in [0.3, 0.4) is 0 Å². The van der Waals surface area contributed by atoms with E-state index >= 15 is 0 Å². The lowest BCUT2D eigenvalue weighted by molar-refractivity contribution is 1.15. The fraction of sp³-hybridized carbons (Fsp3) is 0. The second-order valence-corrected chi connectivity index (χ2v) is 12.2. The van der Waals surface area contributed by atoms with Crippen LogP contribution in [0.2, 0.25) is 0 Å². The topological polar surface area (TPSA) is 9.86 Å². The molecule has 0 unspecified atom stereocenters. The van der Waals surface area contributed by atoms with Crippen LogP contribution in [0.15, 0.2) is 170 Å². The van der Waals surface area contributed by atoms with Gasteiger partial charge in [0, 0.05) is 32.9 Å². The highest BCUT2D eigenvalue weighted by atomic mass is 15.0. The summed E-state index contributed by atoms with van der Waals surface area (Å²) in [6.07, 6.45) is 0. The summed E-state index contributed by atoms with van der Waals surface area (Å²) in [5.74, 6) is 0. The van der Waals surface area contributed by atoms with E-state index in [-0.39, 0.29) is 0 Å². The Hall–Kier alpha value is -6.12. The summed E-state index contributed by atoms with van der Waals surface area (Å²) >= 11 is 0. The Labute approximate surface area is 266 Å². The molecule has 0 aliphatic carbocycles. The van der Waals surface area contributed by atoms with E-state index in [0.29, 0.717) is 0 Å². The molecule has 0 aliphatic heterocycles. The molecule has 0 aliphatic rings. The van der Waals surface area contributed by atoms with Gasteiger partial charge in [-0.2, -0.15) is 0 Å². The summed E-state index contributed by atoms with van der Waals surface area (Å²) in [5.41, 5.74) is 9.63. The van der Waals surface area contributed by atoms with E-state index in [9.17, 15) is 0 Å². The molecule has 8 aromatic carbocycles. The molecule has 0 spiro atoms. The first-order chi connectivity index (χ1) is 22.8. The minimum atomic E-state index is 1.15. The average molecular weight is 585 g/mol. The molecule has 0 bridgehead atoms. The first-order valence-corrected chi connectivity index (χ1v) is 15.9. The van der Waals surface area contributed by atoms with Gasteiger partial charge in [-0.15, -0.1) is 0 Å². The van der Waals surface area contributed by atoms with Crippen molar-refractivity contribution in [1.29, 1.82) is 0 Å². The molecule has 0 amide bonds. The highest BCUT2D eigenvalue weighted by Crippen LogP contribution is 2.42. The first kappa shape index (κ1) is 25.2. The van der Waals surface area contributed by atoms with E-state index in [1.54, 1.807) is 0 Å². The molecule has 0 saturated heterocycles. The van der Waals surface area contributed by atoms with Crippen molar-refractivity contribution in [3.63, 3.8) is 0 Å². The maximum Gasteiger partial charge on any atom is 0.0788 e. The van der Waals surface area contributed by atoms with Crippen molar-refractivity contribution in [1.82, 2.24) is 9.13 Å². The zero-order valence-corrected chi connectivity index (χ0v) is 25.1. The minimum Gasteiger partial charge on any atom is -0.307 e. The Bertz CT molecular complexity index is 2810. The third kappa shape index (κ3) is 3.59. The Morgan fingerprint density at radius 2 is 0.848 bits per heavy atom. The number of nitrogens with zero attached hydrogens (tertiary/aromatic N) is 2. The predicted octanol–water partition coefficient (Wildman–Crippen LogP) is 11.9. The van der Waals surface area contributed by atoms with Crippen LogP contribution in [0.5, 0.6) is 0 Å². The van der Waals surface area contributed by atoms with Gasteiger partial charge in [0.2, 0.25) is 0 Å². The van der Waals surface area contributed by atoms with E-state index in [4.69, 9.17) is 0 Å². The van der Waals surface area contributed by atoms with Crippen LogP contribution in [0.4, 0.5) is 0 Å². The Kier molecular flexibility index (Phi) is 5.31. The van der Waals surface area contributed by atoms with Crippen LogP contribution >= 0.6 is 0 Å². The van der Waals surface area contributed by atoms with Crippen LogP contribution in [0.25, 0.3) is 87.7 Å². The first-order valence-electron chi connectivity index (χ1n) is 15.9. The Morgan fingerprint density at radius 1 is 0.304 bits per heavy atom. The lowest BCUT2D eigenvalue weighted by atomic mass is 9.98. The van der Waals surface area contributed by atoms with Gasteiger partial charge < -0.3 is 9.13 Å². The smallest absolute Gasteiger partial charge is 0.0788 e. The zero-order chi connectivity index (χ0) is 30.2. The van der Waals surface area contributed by atoms with Crippen molar-refractivity contribution in [2.24, 2.45) is 0 Å². The Morgan fingerprint density at radius 3 is 1.57 bits per heavy atom. The molecule has 0 radical (unpaired) electrons. The zero-order valence-electron chi connectivity index (χ0n) is 25.1. The largest absolute Gasteiger partial charge is 0.307 e. The molecule has 2 heterocycles. The number of para-hydroxylation sites is 2. The third-order valence-electron chi connectivity index (χ3n) is 9.66. The summed E-state index contributed by atoms with van der Waals surface area (Å²) in [5, 5.41) is 10.0. The second kappa shape index (κ2) is 9.69. The number of fused-ring (bicyclic) bond motifs is 9. The van der Waals surface area contributed by atoms with Gasteiger partial charge in [0.05, 0.1) is 22.1 Å². The molecule has 2 aromatic heterocycles. The maximum absolute atomic E-state index is 2.48. The van der Waals surface area contributed by atoms with E-state index in [0.717, 1.165) is 5.69 Å². The van der Waals surface area contributed by atoms with Crippen LogP contribution in [-0.4, -0.2) is 9.13 Å². The number of hydrogen-bond acceptors (Lipinski definition) is 0. The molecule has 10 rings (SSSR count). The summed E-state index contributed by atoms with van der Waals surface area (Å²) in [4.78, 5) is 0. The van der Waals surface area contributed by atoms with Crippen LogP contribution in [0, 0.1) is 0 Å². The third-order valence-corrected chi connectivity index (χ3v) is 9.66. The molecule has 214 valence electrons. The van der Waals surface area contributed by atoms with Gasteiger partial charge in [0.15, 0.2) is 0 Å². The molecule has 0 fully saturated rings. The van der Waals surface area contributed by atoms with Gasteiger partial charge in [0.25, 0.3) is 0 Å². The maximum atomic E-state index is 2.48. The highest BCUT2D eigenvalue weighted by molar-refractivity contribution is 6.24. The van der Waals surface area contributed by atoms with Crippen molar-refractivity contribution in [3.05, 3.63) is 170 Å². The van der Waals surface area contributed by atoms with Gasteiger partial charge >= 0.3 is 0 Å². The molecule has 10 aromatic rings. The molecular formula is C44H28N2. The van der Waals surface area contributed by atoms with Gasteiger partial charge in [-0.1, -0.05) is 133 Å². The molecule has 46 heavy (non-hydrogen) atoms. The number of benzene rings is 8. The molecule has 2 nitrogen and oxygen atoms in total. The minimum absolute atomic E-state index is 1.15. The molecular weight excluding hydrogens is 556 g/mol. The molecule has 2 heteroatoms. The van der Waals surface area contributed by atoms with Gasteiger partial charge in [0.1, 0.15) is 0 Å². The SMILES string of the molecule is c1cc(-c2cccc3ccccc23)cc(-n2c3ccccc3c3ccc4c5ccccc5n(-c5ccc6ccccc6c5)c4c32)c1. The van der Waals surface area contributed by atoms with Crippen LogP contribution < -0.4 is 0 Å². The summed E-state index contributed by atoms with van der Waals surface area (Å²) in [6.45, 7) is 0. The van der Waals surface area contributed by atoms with Crippen molar-refractivity contribution >= 4 is 65.2 Å². The molecule has 0 N–H and O–H groups in total. The van der Waals surface area contributed by atoms with Crippen LogP contribution in [0.1, 0.15) is 0 Å². The molecule has 0 atom stereocenters. The second-order valence-electron chi connectivity index (χ2n) is 12.2.